The Morgan fingerprint density at radius 2 is 1.63 bits per heavy atom. The topological polar surface area (TPSA) is 79.6 Å². The second-order valence-electron chi connectivity index (χ2n) is 3.91. The summed E-state index contributed by atoms with van der Waals surface area (Å²) in [5.74, 6) is -1.74. The second-order valence-corrected chi connectivity index (χ2v) is 3.91. The van der Waals surface area contributed by atoms with Crippen molar-refractivity contribution in [2.24, 2.45) is 0 Å². The van der Waals surface area contributed by atoms with Crippen molar-refractivity contribution in [2.75, 3.05) is 0 Å². The molecule has 1 aliphatic rings. The summed E-state index contributed by atoms with van der Waals surface area (Å²) in [5.41, 5.74) is 2.77. The number of hydrazine groups is 1. The van der Waals surface area contributed by atoms with Crippen LogP contribution < -0.4 is 5.43 Å². The van der Waals surface area contributed by atoms with Gasteiger partial charge in [-0.05, 0) is 24.3 Å². The standard InChI is InChI=1S/C13H8N2O4/c16-11(10-6-3-7-19-10)14-15-12(17)8-4-1-2-5-9(8)13(15)18/h1-7H,(H,14,16). The minimum atomic E-state index is -0.653. The summed E-state index contributed by atoms with van der Waals surface area (Å²) in [6, 6.07) is 9.36. The van der Waals surface area contributed by atoms with Crippen molar-refractivity contribution in [3.63, 3.8) is 0 Å². The monoisotopic (exact) mass is 256 g/mol. The van der Waals surface area contributed by atoms with Gasteiger partial charge >= 0.3 is 5.91 Å². The van der Waals surface area contributed by atoms with Crippen molar-refractivity contribution in [3.05, 3.63) is 59.5 Å². The van der Waals surface area contributed by atoms with E-state index in [9.17, 15) is 14.4 Å². The van der Waals surface area contributed by atoms with Gasteiger partial charge in [0.2, 0.25) is 0 Å². The van der Waals surface area contributed by atoms with Gasteiger partial charge in [0.1, 0.15) is 0 Å². The summed E-state index contributed by atoms with van der Waals surface area (Å²) >= 11 is 0. The molecule has 6 nitrogen and oxygen atoms in total. The van der Waals surface area contributed by atoms with Gasteiger partial charge in [0.15, 0.2) is 5.76 Å². The third-order valence-electron chi connectivity index (χ3n) is 2.75. The number of amides is 3. The third kappa shape index (κ3) is 1.70. The lowest BCUT2D eigenvalue weighted by molar-refractivity contribution is 0.0510. The SMILES string of the molecule is O=C(NN1C(=O)c2ccccc2C1=O)c1ccco1. The minimum Gasteiger partial charge on any atom is -0.459 e. The van der Waals surface area contributed by atoms with Gasteiger partial charge in [0, 0.05) is 0 Å². The Balaban J connectivity index is 1.87. The Morgan fingerprint density at radius 3 is 2.16 bits per heavy atom. The highest BCUT2D eigenvalue weighted by Gasteiger charge is 2.36. The molecule has 19 heavy (non-hydrogen) atoms. The van der Waals surface area contributed by atoms with E-state index in [1.165, 1.54) is 30.5 Å². The molecular formula is C13H8N2O4. The van der Waals surface area contributed by atoms with Gasteiger partial charge in [0.25, 0.3) is 11.8 Å². The highest BCUT2D eigenvalue weighted by atomic mass is 16.3. The number of nitrogens with one attached hydrogen (secondary N) is 1. The number of carbonyl (C=O) groups is 3. The van der Waals surface area contributed by atoms with Crippen molar-refractivity contribution in [2.45, 2.75) is 0 Å². The number of benzene rings is 1. The summed E-state index contributed by atoms with van der Waals surface area (Å²) in [5, 5.41) is 0.690. The van der Waals surface area contributed by atoms with Gasteiger partial charge in [-0.1, -0.05) is 12.1 Å². The molecule has 0 unspecified atom stereocenters. The normalized spacial score (nSPS) is 13.6. The number of carbonyl (C=O) groups excluding carboxylic acids is 3. The maximum Gasteiger partial charge on any atom is 0.305 e. The van der Waals surface area contributed by atoms with Crippen LogP contribution in [0.25, 0.3) is 0 Å². The average Bonchev–Trinajstić information content (AvgIpc) is 3.03. The van der Waals surface area contributed by atoms with Gasteiger partial charge in [-0.15, -0.1) is 0 Å². The van der Waals surface area contributed by atoms with Crippen LogP contribution in [0.15, 0.2) is 47.1 Å². The van der Waals surface area contributed by atoms with Gasteiger partial charge in [-0.25, -0.2) is 0 Å². The van der Waals surface area contributed by atoms with Crippen LogP contribution >= 0.6 is 0 Å². The molecule has 6 heteroatoms. The molecule has 0 radical (unpaired) electrons. The van der Waals surface area contributed by atoms with E-state index in [0.717, 1.165) is 0 Å². The molecule has 1 N–H and O–H groups in total. The van der Waals surface area contributed by atoms with Gasteiger partial charge < -0.3 is 4.42 Å². The zero-order valence-electron chi connectivity index (χ0n) is 9.62. The number of hydrogen-bond donors (Lipinski definition) is 1. The zero-order valence-corrected chi connectivity index (χ0v) is 9.62. The number of nitrogens with zero attached hydrogens (tertiary/aromatic N) is 1. The van der Waals surface area contributed by atoms with Crippen LogP contribution in [0.5, 0.6) is 0 Å². The van der Waals surface area contributed by atoms with Gasteiger partial charge in [0.05, 0.1) is 17.4 Å². The van der Waals surface area contributed by atoms with E-state index in [2.05, 4.69) is 5.43 Å². The fourth-order valence-corrected chi connectivity index (χ4v) is 1.86. The molecule has 3 rings (SSSR count). The second kappa shape index (κ2) is 4.09. The van der Waals surface area contributed by atoms with Crippen LogP contribution in [0, 0.1) is 0 Å². The molecule has 2 heterocycles. The largest absolute Gasteiger partial charge is 0.459 e. The lowest BCUT2D eigenvalue weighted by atomic mass is 10.1. The number of fused-ring (bicyclic) bond motifs is 1. The first-order valence-corrected chi connectivity index (χ1v) is 5.51. The molecule has 3 amide bonds. The van der Waals surface area contributed by atoms with E-state index in [-0.39, 0.29) is 16.9 Å². The quantitative estimate of drug-likeness (QED) is 0.819. The Kier molecular flexibility index (Phi) is 2.42. The van der Waals surface area contributed by atoms with E-state index >= 15 is 0 Å². The predicted molar refractivity (Wildman–Crippen MR) is 63.1 cm³/mol. The summed E-state index contributed by atoms with van der Waals surface area (Å²) in [4.78, 5) is 35.7. The predicted octanol–water partition coefficient (Wildman–Crippen LogP) is 1.22. The molecular weight excluding hydrogens is 248 g/mol. The zero-order chi connectivity index (χ0) is 13.4. The van der Waals surface area contributed by atoms with E-state index in [4.69, 9.17) is 4.42 Å². The molecule has 0 bridgehead atoms. The summed E-state index contributed by atoms with van der Waals surface area (Å²) in [6.07, 6.45) is 1.33. The average molecular weight is 256 g/mol. The molecule has 0 saturated heterocycles. The van der Waals surface area contributed by atoms with Crippen LogP contribution in [-0.4, -0.2) is 22.7 Å². The first-order valence-electron chi connectivity index (χ1n) is 5.51. The highest BCUT2D eigenvalue weighted by molar-refractivity contribution is 6.22. The van der Waals surface area contributed by atoms with Crippen LogP contribution in [0.1, 0.15) is 31.3 Å². The number of furan rings is 1. The van der Waals surface area contributed by atoms with Gasteiger partial charge in [-0.2, -0.15) is 5.01 Å². The van der Waals surface area contributed by atoms with Crippen LogP contribution in [0.4, 0.5) is 0 Å². The van der Waals surface area contributed by atoms with E-state index in [1.807, 2.05) is 0 Å². The fourth-order valence-electron chi connectivity index (χ4n) is 1.86. The Labute approximate surface area is 107 Å². The molecule has 0 spiro atoms. The minimum absolute atomic E-state index is 0.0246. The molecule has 0 aliphatic carbocycles. The lowest BCUT2D eigenvalue weighted by Crippen LogP contribution is -2.45. The molecule has 1 aromatic carbocycles. The summed E-state index contributed by atoms with van der Waals surface area (Å²) in [7, 11) is 0. The maximum atomic E-state index is 12.0. The Bertz CT molecular complexity index is 641. The molecule has 0 fully saturated rings. The molecule has 2 aromatic rings. The number of imide groups is 1. The molecule has 0 atom stereocenters. The van der Waals surface area contributed by atoms with Crippen LogP contribution in [0.3, 0.4) is 0 Å². The van der Waals surface area contributed by atoms with Crippen LogP contribution in [0.2, 0.25) is 0 Å². The van der Waals surface area contributed by atoms with Crippen molar-refractivity contribution in [1.29, 1.82) is 0 Å². The van der Waals surface area contributed by atoms with Crippen molar-refractivity contribution >= 4 is 17.7 Å². The smallest absolute Gasteiger partial charge is 0.305 e. The number of hydrogen-bond acceptors (Lipinski definition) is 4. The van der Waals surface area contributed by atoms with E-state index in [0.29, 0.717) is 5.01 Å². The number of rotatable bonds is 2. The van der Waals surface area contributed by atoms with E-state index < -0.39 is 17.7 Å². The third-order valence-corrected chi connectivity index (χ3v) is 2.75. The maximum absolute atomic E-state index is 12.0. The van der Waals surface area contributed by atoms with Crippen molar-refractivity contribution < 1.29 is 18.8 Å². The van der Waals surface area contributed by atoms with E-state index in [1.54, 1.807) is 12.1 Å². The molecule has 0 saturated carbocycles. The summed E-state index contributed by atoms with van der Waals surface area (Å²) in [6.45, 7) is 0. The van der Waals surface area contributed by atoms with Gasteiger partial charge in [-0.3, -0.25) is 19.8 Å². The summed E-state index contributed by atoms with van der Waals surface area (Å²) < 4.78 is 4.89. The molecule has 1 aromatic heterocycles. The van der Waals surface area contributed by atoms with Crippen molar-refractivity contribution in [1.82, 2.24) is 10.4 Å². The van der Waals surface area contributed by atoms with Crippen LogP contribution in [-0.2, 0) is 0 Å². The first-order chi connectivity index (χ1) is 9.18. The lowest BCUT2D eigenvalue weighted by Gasteiger charge is -2.13. The Hall–Kier alpha value is -2.89. The molecule has 1 aliphatic heterocycles. The molecule has 94 valence electrons. The fraction of sp³-hybridized carbons (Fsp3) is 0. The first kappa shape index (κ1) is 11.2. The Morgan fingerprint density at radius 1 is 1.00 bits per heavy atom. The highest BCUT2D eigenvalue weighted by Crippen LogP contribution is 2.20. The van der Waals surface area contributed by atoms with Crippen molar-refractivity contribution in [3.8, 4) is 0 Å².